The summed E-state index contributed by atoms with van der Waals surface area (Å²) in [4.78, 5) is 0. The van der Waals surface area contributed by atoms with Crippen LogP contribution in [0.5, 0.6) is 0 Å². The van der Waals surface area contributed by atoms with Crippen LogP contribution in [0, 0.1) is 5.41 Å². The number of halogens is 1. The Morgan fingerprint density at radius 3 is 2.55 bits per heavy atom. The predicted molar refractivity (Wildman–Crippen MR) is 78.5 cm³/mol. The number of benzene rings is 1. The van der Waals surface area contributed by atoms with Crippen LogP contribution in [0.25, 0.3) is 0 Å². The first-order chi connectivity index (χ1) is 9.57. The van der Waals surface area contributed by atoms with Gasteiger partial charge in [0.1, 0.15) is 6.10 Å². The number of aliphatic hydroxyl groups excluding tert-OH is 1. The number of allylic oxidation sites excluding steroid dienone is 3. The van der Waals surface area contributed by atoms with Crippen molar-refractivity contribution in [2.45, 2.75) is 12.5 Å². The Kier molecular flexibility index (Phi) is 5.12. The third-order valence-electron chi connectivity index (χ3n) is 3.34. The Morgan fingerprint density at radius 2 is 2.05 bits per heavy atom. The van der Waals surface area contributed by atoms with E-state index in [4.69, 9.17) is 20.3 Å². The van der Waals surface area contributed by atoms with E-state index in [0.717, 1.165) is 0 Å². The molecular weight excluding hydrogens is 300 g/mol. The van der Waals surface area contributed by atoms with E-state index in [1.165, 1.54) is 0 Å². The number of hydrogen-bond donors (Lipinski definition) is 2. The Labute approximate surface area is 125 Å². The minimum atomic E-state index is -2.43. The lowest BCUT2D eigenvalue weighted by Crippen LogP contribution is -2.33. The molecule has 4 nitrogen and oxygen atoms in total. The molecule has 0 aromatic heterocycles. The third kappa shape index (κ3) is 3.37. The van der Waals surface area contributed by atoms with E-state index in [2.05, 4.69) is 0 Å². The van der Waals surface area contributed by atoms with E-state index in [0.29, 0.717) is 17.0 Å². The van der Waals surface area contributed by atoms with Gasteiger partial charge in [-0.25, -0.2) is 0 Å². The molecule has 0 aliphatic heterocycles. The Bertz CT molecular complexity index is 541. The summed E-state index contributed by atoms with van der Waals surface area (Å²) in [5, 5.41) is 10.3. The van der Waals surface area contributed by atoms with Gasteiger partial charge < -0.3 is 5.11 Å². The van der Waals surface area contributed by atoms with Crippen molar-refractivity contribution in [3.8, 4) is 0 Å². The fourth-order valence-corrected chi connectivity index (χ4v) is 2.87. The average molecular weight is 315 g/mol. The van der Waals surface area contributed by atoms with Crippen molar-refractivity contribution in [3.05, 3.63) is 59.2 Å². The van der Waals surface area contributed by atoms with E-state index in [1.54, 1.807) is 36.4 Å². The number of aliphatic hydroxyl groups is 1. The summed E-state index contributed by atoms with van der Waals surface area (Å²) < 4.78 is 25.3. The van der Waals surface area contributed by atoms with Crippen molar-refractivity contribution in [1.29, 1.82) is 0 Å². The largest absolute Gasteiger partial charge is 0.395 e. The standard InChI is InChI=1S/C14H15ClO4S/c15-12-6-4-11(5-7-12)13(19-20(17)18)14(10-16)8-2-1-3-9-14/h1-8,13,16H,9-10H2,(H,17,18). The van der Waals surface area contributed by atoms with Crippen LogP contribution in [0.3, 0.4) is 0 Å². The summed E-state index contributed by atoms with van der Waals surface area (Å²) in [6, 6.07) is 6.81. The monoisotopic (exact) mass is 314 g/mol. The van der Waals surface area contributed by atoms with Crippen molar-refractivity contribution in [1.82, 2.24) is 0 Å². The number of rotatable bonds is 5. The predicted octanol–water partition coefficient (Wildman–Crippen LogP) is 3.03. The quantitative estimate of drug-likeness (QED) is 0.820. The molecule has 3 unspecified atom stereocenters. The highest BCUT2D eigenvalue weighted by atomic mass is 35.5. The second kappa shape index (κ2) is 6.65. The van der Waals surface area contributed by atoms with Crippen molar-refractivity contribution >= 4 is 23.0 Å². The lowest BCUT2D eigenvalue weighted by atomic mass is 9.75. The molecule has 0 radical (unpaired) electrons. The lowest BCUT2D eigenvalue weighted by molar-refractivity contribution is 0.0362. The molecule has 1 aliphatic carbocycles. The van der Waals surface area contributed by atoms with E-state index in [-0.39, 0.29) is 6.61 Å². The molecule has 0 spiro atoms. The summed E-state index contributed by atoms with van der Waals surface area (Å²) in [6.07, 6.45) is 7.14. The molecular formula is C14H15ClO4S. The molecule has 0 saturated heterocycles. The molecule has 0 amide bonds. The van der Waals surface area contributed by atoms with Crippen LogP contribution in [0.4, 0.5) is 0 Å². The Balaban J connectivity index is 2.40. The Hall–Kier alpha value is -0.980. The van der Waals surface area contributed by atoms with Crippen molar-refractivity contribution in [3.63, 3.8) is 0 Å². The molecule has 108 valence electrons. The first-order valence-corrected chi connectivity index (χ1v) is 7.47. The van der Waals surface area contributed by atoms with E-state index < -0.39 is 22.9 Å². The van der Waals surface area contributed by atoms with Crippen LogP contribution in [-0.4, -0.2) is 20.5 Å². The van der Waals surface area contributed by atoms with Crippen LogP contribution < -0.4 is 0 Å². The minimum Gasteiger partial charge on any atom is -0.395 e. The molecule has 1 aliphatic rings. The summed E-state index contributed by atoms with van der Waals surface area (Å²) in [7, 11) is 0. The van der Waals surface area contributed by atoms with E-state index in [1.807, 2.05) is 12.2 Å². The normalized spacial score (nSPS) is 24.6. The second-order valence-corrected chi connectivity index (χ2v) is 5.69. The van der Waals surface area contributed by atoms with Crippen LogP contribution in [0.1, 0.15) is 18.1 Å². The van der Waals surface area contributed by atoms with Gasteiger partial charge in [0.25, 0.3) is 0 Å². The molecule has 2 rings (SSSR count). The summed E-state index contributed by atoms with van der Waals surface area (Å²) in [5.74, 6) is 0. The maximum absolute atomic E-state index is 11.1. The van der Waals surface area contributed by atoms with Gasteiger partial charge in [-0.2, -0.15) is 4.21 Å². The van der Waals surface area contributed by atoms with Crippen molar-refractivity contribution in [2.75, 3.05) is 6.61 Å². The van der Waals surface area contributed by atoms with Gasteiger partial charge in [-0.05, 0) is 24.1 Å². The van der Waals surface area contributed by atoms with Gasteiger partial charge in [0.15, 0.2) is 0 Å². The van der Waals surface area contributed by atoms with Crippen molar-refractivity contribution in [2.24, 2.45) is 5.41 Å². The van der Waals surface area contributed by atoms with Crippen LogP contribution in [-0.2, 0) is 15.5 Å². The van der Waals surface area contributed by atoms with Gasteiger partial charge in [0, 0.05) is 10.4 Å². The van der Waals surface area contributed by atoms with Gasteiger partial charge in [-0.1, -0.05) is 48.0 Å². The zero-order valence-electron chi connectivity index (χ0n) is 10.6. The Morgan fingerprint density at radius 1 is 1.35 bits per heavy atom. The maximum atomic E-state index is 11.1. The zero-order chi connectivity index (χ0) is 14.6. The average Bonchev–Trinajstić information content (AvgIpc) is 2.46. The highest BCUT2D eigenvalue weighted by molar-refractivity contribution is 7.74. The fraction of sp³-hybridized carbons (Fsp3) is 0.286. The summed E-state index contributed by atoms with van der Waals surface area (Å²) >= 11 is 3.42. The molecule has 1 aromatic rings. The highest BCUT2D eigenvalue weighted by Crippen LogP contribution is 2.43. The molecule has 0 heterocycles. The van der Waals surface area contributed by atoms with Gasteiger partial charge in [-0.3, -0.25) is 8.74 Å². The fourth-order valence-electron chi connectivity index (χ4n) is 2.28. The smallest absolute Gasteiger partial charge is 0.302 e. The second-order valence-electron chi connectivity index (χ2n) is 4.63. The summed E-state index contributed by atoms with van der Waals surface area (Å²) in [6.45, 7) is -0.196. The first kappa shape index (κ1) is 15.4. The van der Waals surface area contributed by atoms with E-state index >= 15 is 0 Å². The number of hydrogen-bond acceptors (Lipinski definition) is 3. The maximum Gasteiger partial charge on any atom is 0.302 e. The molecule has 0 saturated carbocycles. The van der Waals surface area contributed by atoms with Crippen LogP contribution in [0.15, 0.2) is 48.6 Å². The van der Waals surface area contributed by atoms with Crippen molar-refractivity contribution < 1.29 is 18.1 Å². The molecule has 6 heteroatoms. The highest BCUT2D eigenvalue weighted by Gasteiger charge is 2.39. The SMILES string of the molecule is O=S(O)OC(c1ccc(Cl)cc1)C1(CO)C=CC=CC1. The summed E-state index contributed by atoms with van der Waals surface area (Å²) in [5.41, 5.74) is -0.0770. The van der Waals surface area contributed by atoms with Crippen LogP contribution >= 0.6 is 11.6 Å². The van der Waals surface area contributed by atoms with Gasteiger partial charge >= 0.3 is 11.4 Å². The molecule has 0 fully saturated rings. The lowest BCUT2D eigenvalue weighted by Gasteiger charge is -2.36. The van der Waals surface area contributed by atoms with Gasteiger partial charge in [0.05, 0.1) is 6.61 Å². The minimum absolute atomic E-state index is 0.196. The molecule has 3 atom stereocenters. The third-order valence-corrected chi connectivity index (χ3v) is 3.95. The molecule has 0 bridgehead atoms. The van der Waals surface area contributed by atoms with Crippen LogP contribution in [0.2, 0.25) is 5.02 Å². The zero-order valence-corrected chi connectivity index (χ0v) is 12.2. The molecule has 20 heavy (non-hydrogen) atoms. The molecule has 2 N–H and O–H groups in total. The van der Waals surface area contributed by atoms with E-state index in [9.17, 15) is 9.32 Å². The molecule has 1 aromatic carbocycles. The van der Waals surface area contributed by atoms with Gasteiger partial charge in [0.2, 0.25) is 0 Å². The topological polar surface area (TPSA) is 66.8 Å². The first-order valence-electron chi connectivity index (χ1n) is 6.06. The van der Waals surface area contributed by atoms with Gasteiger partial charge in [-0.15, -0.1) is 0 Å².